The predicted octanol–water partition coefficient (Wildman–Crippen LogP) is 2.34. The second-order valence-corrected chi connectivity index (χ2v) is 6.91. The minimum Gasteiger partial charge on any atom is -0.369 e. The first-order chi connectivity index (χ1) is 13.1. The average Bonchev–Trinajstić information content (AvgIpc) is 2.68. The maximum absolute atomic E-state index is 11.3. The van der Waals surface area contributed by atoms with Gasteiger partial charge in [0, 0.05) is 56.2 Å². The number of hydrogen-bond donors (Lipinski definition) is 2. The Bertz CT molecular complexity index is 736. The first-order valence-electron chi connectivity index (χ1n) is 9.09. The van der Waals surface area contributed by atoms with Crippen molar-refractivity contribution >= 4 is 29.1 Å². The lowest BCUT2D eigenvalue weighted by Gasteiger charge is -2.36. The number of carbonyl (C=O) groups excluding carboxylic acids is 1. The Labute approximate surface area is 164 Å². The van der Waals surface area contributed by atoms with Crippen molar-refractivity contribution in [1.29, 1.82) is 0 Å². The van der Waals surface area contributed by atoms with Gasteiger partial charge in [-0.1, -0.05) is 23.7 Å². The summed E-state index contributed by atoms with van der Waals surface area (Å²) in [7, 11) is 0. The third-order valence-corrected chi connectivity index (χ3v) is 4.81. The molecule has 3 rings (SSSR count). The summed E-state index contributed by atoms with van der Waals surface area (Å²) in [6.45, 7) is 5.55. The lowest BCUT2D eigenvalue weighted by atomic mass is 10.2. The van der Waals surface area contributed by atoms with Crippen LogP contribution < -0.4 is 21.1 Å². The third kappa shape index (κ3) is 5.74. The normalized spacial score (nSPS) is 14.8. The highest BCUT2D eigenvalue weighted by Gasteiger charge is 2.17. The second-order valence-electron chi connectivity index (χ2n) is 6.48. The van der Waals surface area contributed by atoms with Gasteiger partial charge < -0.3 is 10.6 Å². The number of piperazine rings is 1. The van der Waals surface area contributed by atoms with Crippen molar-refractivity contribution < 1.29 is 4.79 Å². The van der Waals surface area contributed by atoms with Crippen LogP contribution in [0.2, 0.25) is 5.02 Å². The number of primary amides is 1. The van der Waals surface area contributed by atoms with Crippen LogP contribution in [0.25, 0.3) is 0 Å². The van der Waals surface area contributed by atoms with E-state index < -0.39 is 6.03 Å². The summed E-state index contributed by atoms with van der Waals surface area (Å²) in [4.78, 5) is 20.3. The zero-order chi connectivity index (χ0) is 19.1. The van der Waals surface area contributed by atoms with Crippen LogP contribution in [-0.4, -0.2) is 55.2 Å². The number of hydrogen-bond acceptors (Lipinski definition) is 5. The highest BCUT2D eigenvalue weighted by molar-refractivity contribution is 6.30. The maximum atomic E-state index is 11.3. The number of pyridine rings is 1. The number of halogens is 1. The Kier molecular flexibility index (Phi) is 6.73. The molecule has 27 heavy (non-hydrogen) atoms. The van der Waals surface area contributed by atoms with Crippen molar-refractivity contribution in [3.63, 3.8) is 0 Å². The van der Waals surface area contributed by atoms with Crippen molar-refractivity contribution in [2.75, 3.05) is 49.2 Å². The van der Waals surface area contributed by atoms with E-state index in [1.165, 1.54) is 5.69 Å². The zero-order valence-corrected chi connectivity index (χ0v) is 16.0. The van der Waals surface area contributed by atoms with Gasteiger partial charge in [0.25, 0.3) is 0 Å². The van der Waals surface area contributed by atoms with Gasteiger partial charge in [-0.2, -0.15) is 0 Å². The number of hydrazine groups is 1. The van der Waals surface area contributed by atoms with Gasteiger partial charge in [0.05, 0.1) is 0 Å². The van der Waals surface area contributed by atoms with Crippen LogP contribution >= 0.6 is 11.6 Å². The molecule has 0 radical (unpaired) electrons. The van der Waals surface area contributed by atoms with Gasteiger partial charge in [-0.3, -0.25) is 9.91 Å². The number of anilines is 2. The number of amides is 2. The lowest BCUT2D eigenvalue weighted by molar-refractivity contribution is 0.244. The van der Waals surface area contributed by atoms with Gasteiger partial charge in [-0.25, -0.2) is 15.2 Å². The topological polar surface area (TPSA) is 77.7 Å². The summed E-state index contributed by atoms with van der Waals surface area (Å²) < 4.78 is 0. The van der Waals surface area contributed by atoms with Crippen molar-refractivity contribution in [2.45, 2.75) is 6.42 Å². The van der Waals surface area contributed by atoms with E-state index in [1.54, 1.807) is 11.2 Å². The summed E-state index contributed by atoms with van der Waals surface area (Å²) in [5.74, 6) is 0.682. The van der Waals surface area contributed by atoms with E-state index in [4.69, 9.17) is 17.3 Å². The number of nitrogens with zero attached hydrogens (tertiary/aromatic N) is 4. The molecule has 1 aliphatic rings. The molecule has 7 nitrogen and oxygen atoms in total. The van der Waals surface area contributed by atoms with E-state index in [0.29, 0.717) is 12.4 Å². The molecule has 3 N–H and O–H groups in total. The molecule has 0 spiro atoms. The number of benzene rings is 1. The average molecular weight is 389 g/mol. The Balaban J connectivity index is 1.45. The lowest BCUT2D eigenvalue weighted by Crippen LogP contribution is -2.49. The molecule has 0 aliphatic carbocycles. The molecule has 0 bridgehead atoms. The highest BCUT2D eigenvalue weighted by Crippen LogP contribution is 2.20. The first kappa shape index (κ1) is 19.3. The van der Waals surface area contributed by atoms with Gasteiger partial charge in [0.15, 0.2) is 0 Å². The minimum atomic E-state index is -0.587. The Morgan fingerprint density at radius 1 is 1.19 bits per heavy atom. The second kappa shape index (κ2) is 9.43. The summed E-state index contributed by atoms with van der Waals surface area (Å²) in [6.07, 6.45) is 2.59. The number of urea groups is 1. The van der Waals surface area contributed by atoms with Crippen LogP contribution in [0.3, 0.4) is 0 Å². The zero-order valence-electron chi connectivity index (χ0n) is 15.2. The van der Waals surface area contributed by atoms with E-state index in [-0.39, 0.29) is 0 Å². The molecular formula is C19H25ClN6O. The number of nitrogens with one attached hydrogen (secondary N) is 1. The Morgan fingerprint density at radius 2 is 2.00 bits per heavy atom. The number of rotatable bonds is 7. The fourth-order valence-electron chi connectivity index (χ4n) is 3.23. The molecule has 2 aromatic rings. The van der Waals surface area contributed by atoms with Crippen molar-refractivity contribution in [2.24, 2.45) is 5.73 Å². The quantitative estimate of drug-likeness (QED) is 0.712. The highest BCUT2D eigenvalue weighted by atomic mass is 35.5. The van der Waals surface area contributed by atoms with E-state index in [2.05, 4.69) is 26.3 Å². The van der Waals surface area contributed by atoms with Crippen molar-refractivity contribution in [3.05, 3.63) is 53.7 Å². The molecule has 0 atom stereocenters. The summed E-state index contributed by atoms with van der Waals surface area (Å²) in [6, 6.07) is 13.0. The number of nitrogens with two attached hydrogens (primary N) is 1. The number of carbonyl (C=O) groups is 1. The molecule has 2 heterocycles. The van der Waals surface area contributed by atoms with Crippen LogP contribution in [0.4, 0.5) is 16.3 Å². The monoisotopic (exact) mass is 388 g/mol. The van der Waals surface area contributed by atoms with Gasteiger partial charge in [-0.15, -0.1) is 0 Å². The fraction of sp³-hybridized carbons (Fsp3) is 0.368. The Hall–Kier alpha value is -2.51. The molecule has 8 heteroatoms. The molecule has 144 valence electrons. The molecule has 1 aromatic heterocycles. The van der Waals surface area contributed by atoms with E-state index in [1.807, 2.05) is 36.4 Å². The molecule has 1 aromatic carbocycles. The van der Waals surface area contributed by atoms with Gasteiger partial charge in [0.1, 0.15) is 5.82 Å². The molecule has 0 saturated carbocycles. The molecule has 1 saturated heterocycles. The molecular weight excluding hydrogens is 364 g/mol. The SMILES string of the molecule is NC(=O)NN(CCCN1CCN(c2cccc(Cl)c2)CC1)c1ccccn1. The summed E-state index contributed by atoms with van der Waals surface area (Å²) in [5, 5.41) is 2.47. The Morgan fingerprint density at radius 3 is 2.67 bits per heavy atom. The van der Waals surface area contributed by atoms with Gasteiger partial charge in [-0.05, 0) is 36.8 Å². The fourth-order valence-corrected chi connectivity index (χ4v) is 3.41. The molecule has 1 aliphatic heterocycles. The van der Waals surface area contributed by atoms with Crippen LogP contribution in [0.1, 0.15) is 6.42 Å². The van der Waals surface area contributed by atoms with E-state index >= 15 is 0 Å². The molecule has 1 fully saturated rings. The van der Waals surface area contributed by atoms with E-state index in [9.17, 15) is 4.79 Å². The van der Waals surface area contributed by atoms with Crippen LogP contribution in [-0.2, 0) is 0 Å². The first-order valence-corrected chi connectivity index (χ1v) is 9.47. The summed E-state index contributed by atoms with van der Waals surface area (Å²) in [5.41, 5.74) is 9.09. The smallest absolute Gasteiger partial charge is 0.331 e. The molecule has 2 amide bonds. The van der Waals surface area contributed by atoms with Crippen LogP contribution in [0, 0.1) is 0 Å². The predicted molar refractivity (Wildman–Crippen MR) is 109 cm³/mol. The van der Waals surface area contributed by atoms with Crippen LogP contribution in [0.5, 0.6) is 0 Å². The van der Waals surface area contributed by atoms with Crippen LogP contribution in [0.15, 0.2) is 48.7 Å². The maximum Gasteiger partial charge on any atom is 0.331 e. The standard InChI is InChI=1S/C19H25ClN6O/c20-16-5-3-6-17(15-16)25-13-11-24(12-14-25)9-4-10-26(23-19(21)27)18-7-1-2-8-22-18/h1-3,5-8,15H,4,9-14H2,(H3,21,23,27). The molecule has 0 unspecified atom stereocenters. The summed E-state index contributed by atoms with van der Waals surface area (Å²) >= 11 is 6.09. The van der Waals surface area contributed by atoms with E-state index in [0.717, 1.165) is 44.2 Å². The van der Waals surface area contributed by atoms with Gasteiger partial charge >= 0.3 is 6.03 Å². The van der Waals surface area contributed by atoms with Gasteiger partial charge in [0.2, 0.25) is 0 Å². The minimum absolute atomic E-state index is 0.587. The third-order valence-electron chi connectivity index (χ3n) is 4.57. The number of aromatic nitrogens is 1. The van der Waals surface area contributed by atoms with Crippen molar-refractivity contribution in [1.82, 2.24) is 15.3 Å². The van der Waals surface area contributed by atoms with Crippen molar-refractivity contribution in [3.8, 4) is 0 Å². The largest absolute Gasteiger partial charge is 0.369 e.